The molecule has 0 spiro atoms. The van der Waals surface area contributed by atoms with Crippen LogP contribution in [0.4, 0.5) is 0 Å². The van der Waals surface area contributed by atoms with Crippen LogP contribution in [0.5, 0.6) is 0 Å². The van der Waals surface area contributed by atoms with Gasteiger partial charge in [-0.15, -0.1) is 0 Å². The summed E-state index contributed by atoms with van der Waals surface area (Å²) in [6, 6.07) is 1.74. The highest BCUT2D eigenvalue weighted by Gasteiger charge is 2.06. The van der Waals surface area contributed by atoms with Gasteiger partial charge in [0.1, 0.15) is 5.69 Å². The molecule has 0 saturated carbocycles. The van der Waals surface area contributed by atoms with Gasteiger partial charge >= 0.3 is 0 Å². The van der Waals surface area contributed by atoms with E-state index < -0.39 is 0 Å². The van der Waals surface area contributed by atoms with Crippen LogP contribution in [-0.2, 0) is 7.05 Å². The number of hydrogen-bond donors (Lipinski definition) is 0. The van der Waals surface area contributed by atoms with Crippen LogP contribution in [0.15, 0.2) is 18.7 Å². The molecule has 0 aliphatic carbocycles. The van der Waals surface area contributed by atoms with Crippen LogP contribution >= 0.6 is 0 Å². The molecule has 0 bridgehead atoms. The van der Waals surface area contributed by atoms with Gasteiger partial charge in [0.25, 0.3) is 0 Å². The lowest BCUT2D eigenvalue weighted by molar-refractivity contribution is 0.103. The molecule has 0 amide bonds. The van der Waals surface area contributed by atoms with Crippen molar-refractivity contribution in [2.24, 2.45) is 7.05 Å². The highest BCUT2D eigenvalue weighted by molar-refractivity contribution is 6.02. The summed E-state index contributed by atoms with van der Waals surface area (Å²) in [4.78, 5) is 11.1. The second-order valence-electron chi connectivity index (χ2n) is 2.36. The Bertz CT molecular complexity index is 299. The van der Waals surface area contributed by atoms with E-state index >= 15 is 0 Å². The van der Waals surface area contributed by atoms with Crippen LogP contribution in [0.25, 0.3) is 0 Å². The molecule has 1 rings (SSSR count). The summed E-state index contributed by atoms with van der Waals surface area (Å²) < 4.78 is 1.55. The lowest BCUT2D eigenvalue weighted by Gasteiger charge is -1.93. The number of rotatable bonds is 2. The standard InChI is InChI=1S/C8H10N2O/c1-4-8(11)7-5-6(2)9-10(7)3/h4-5H,1H2,2-3H3. The predicted molar refractivity (Wildman–Crippen MR) is 42.5 cm³/mol. The molecule has 0 aromatic carbocycles. The molecule has 0 radical (unpaired) electrons. The van der Waals surface area contributed by atoms with Gasteiger partial charge in [0.15, 0.2) is 0 Å². The summed E-state index contributed by atoms with van der Waals surface area (Å²) >= 11 is 0. The van der Waals surface area contributed by atoms with E-state index in [2.05, 4.69) is 11.7 Å². The number of hydrogen-bond acceptors (Lipinski definition) is 2. The third kappa shape index (κ3) is 1.37. The van der Waals surface area contributed by atoms with Crippen molar-refractivity contribution in [1.82, 2.24) is 9.78 Å². The first-order valence-corrected chi connectivity index (χ1v) is 3.32. The molecule has 3 heteroatoms. The first kappa shape index (κ1) is 7.72. The summed E-state index contributed by atoms with van der Waals surface area (Å²) in [6.45, 7) is 5.24. The molecule has 0 atom stereocenters. The van der Waals surface area contributed by atoms with Crippen LogP contribution in [0, 0.1) is 6.92 Å². The minimum atomic E-state index is -0.0897. The Morgan fingerprint density at radius 1 is 1.82 bits per heavy atom. The first-order valence-electron chi connectivity index (χ1n) is 3.32. The van der Waals surface area contributed by atoms with Crippen molar-refractivity contribution in [3.8, 4) is 0 Å². The van der Waals surface area contributed by atoms with Gasteiger partial charge < -0.3 is 0 Å². The smallest absolute Gasteiger partial charge is 0.203 e. The Morgan fingerprint density at radius 2 is 2.45 bits per heavy atom. The van der Waals surface area contributed by atoms with E-state index in [1.54, 1.807) is 17.8 Å². The van der Waals surface area contributed by atoms with Crippen molar-refractivity contribution in [3.63, 3.8) is 0 Å². The fraction of sp³-hybridized carbons (Fsp3) is 0.250. The maximum atomic E-state index is 11.1. The third-order valence-electron chi connectivity index (χ3n) is 1.44. The fourth-order valence-corrected chi connectivity index (χ4v) is 0.946. The number of carbonyl (C=O) groups excluding carboxylic acids is 1. The zero-order valence-electron chi connectivity index (χ0n) is 6.66. The van der Waals surface area contributed by atoms with E-state index in [1.807, 2.05) is 6.92 Å². The van der Waals surface area contributed by atoms with E-state index in [0.717, 1.165) is 5.69 Å². The quantitative estimate of drug-likeness (QED) is 0.467. The van der Waals surface area contributed by atoms with Gasteiger partial charge in [-0.25, -0.2) is 0 Å². The number of allylic oxidation sites excluding steroid dienone is 1. The van der Waals surface area contributed by atoms with Gasteiger partial charge in [-0.2, -0.15) is 5.10 Å². The average molecular weight is 150 g/mol. The lowest BCUT2D eigenvalue weighted by atomic mass is 10.2. The van der Waals surface area contributed by atoms with Crippen LogP contribution < -0.4 is 0 Å². The van der Waals surface area contributed by atoms with Gasteiger partial charge in [0.2, 0.25) is 5.78 Å². The van der Waals surface area contributed by atoms with Crippen LogP contribution in [0.1, 0.15) is 16.2 Å². The summed E-state index contributed by atoms with van der Waals surface area (Å²) in [5, 5.41) is 4.03. The molecule has 0 fully saturated rings. The monoisotopic (exact) mass is 150 g/mol. The Balaban J connectivity index is 3.12. The van der Waals surface area contributed by atoms with Gasteiger partial charge in [0.05, 0.1) is 5.69 Å². The van der Waals surface area contributed by atoms with E-state index in [1.165, 1.54) is 6.08 Å². The van der Waals surface area contributed by atoms with Crippen molar-refractivity contribution in [1.29, 1.82) is 0 Å². The number of aromatic nitrogens is 2. The van der Waals surface area contributed by atoms with E-state index in [9.17, 15) is 4.79 Å². The minimum Gasteiger partial charge on any atom is -0.288 e. The van der Waals surface area contributed by atoms with E-state index in [4.69, 9.17) is 0 Å². The third-order valence-corrected chi connectivity index (χ3v) is 1.44. The molecular formula is C8H10N2O. The topological polar surface area (TPSA) is 34.9 Å². The van der Waals surface area contributed by atoms with Crippen LogP contribution in [0.3, 0.4) is 0 Å². The van der Waals surface area contributed by atoms with Crippen molar-refractivity contribution in [2.75, 3.05) is 0 Å². The second kappa shape index (κ2) is 2.70. The highest BCUT2D eigenvalue weighted by atomic mass is 16.1. The van der Waals surface area contributed by atoms with E-state index in [-0.39, 0.29) is 5.78 Å². The average Bonchev–Trinajstić information content (AvgIpc) is 2.28. The SMILES string of the molecule is C=CC(=O)c1cc(C)nn1C. The summed E-state index contributed by atoms with van der Waals surface area (Å²) in [5.74, 6) is -0.0897. The molecule has 11 heavy (non-hydrogen) atoms. The molecule has 3 nitrogen and oxygen atoms in total. The number of carbonyl (C=O) groups is 1. The summed E-state index contributed by atoms with van der Waals surface area (Å²) in [6.07, 6.45) is 1.29. The first-order chi connectivity index (χ1) is 5.15. The number of aryl methyl sites for hydroxylation is 2. The number of nitrogens with zero attached hydrogens (tertiary/aromatic N) is 2. The van der Waals surface area contributed by atoms with Crippen LogP contribution in [-0.4, -0.2) is 15.6 Å². The molecule has 1 aromatic heterocycles. The fourth-order valence-electron chi connectivity index (χ4n) is 0.946. The lowest BCUT2D eigenvalue weighted by Crippen LogP contribution is -2.03. The van der Waals surface area contributed by atoms with Gasteiger partial charge in [-0.1, -0.05) is 6.58 Å². The Kier molecular flexibility index (Phi) is 1.89. The normalized spacial score (nSPS) is 9.64. The Labute approximate surface area is 65.3 Å². The maximum absolute atomic E-state index is 11.1. The maximum Gasteiger partial charge on any atom is 0.203 e. The Morgan fingerprint density at radius 3 is 2.82 bits per heavy atom. The zero-order valence-corrected chi connectivity index (χ0v) is 6.66. The van der Waals surface area contributed by atoms with Crippen LogP contribution in [0.2, 0.25) is 0 Å². The van der Waals surface area contributed by atoms with Gasteiger partial charge in [0, 0.05) is 7.05 Å². The van der Waals surface area contributed by atoms with E-state index in [0.29, 0.717) is 5.69 Å². The molecule has 1 aromatic rings. The zero-order chi connectivity index (χ0) is 8.43. The number of ketones is 1. The summed E-state index contributed by atoms with van der Waals surface area (Å²) in [7, 11) is 1.74. The molecular weight excluding hydrogens is 140 g/mol. The van der Waals surface area contributed by atoms with Gasteiger partial charge in [-0.3, -0.25) is 9.48 Å². The Hall–Kier alpha value is -1.38. The molecule has 0 aliphatic heterocycles. The highest BCUT2D eigenvalue weighted by Crippen LogP contribution is 2.02. The molecule has 0 aliphatic rings. The summed E-state index contributed by atoms with van der Waals surface area (Å²) in [5.41, 5.74) is 1.43. The molecule has 0 unspecified atom stereocenters. The molecule has 1 heterocycles. The van der Waals surface area contributed by atoms with Crippen molar-refractivity contribution >= 4 is 5.78 Å². The van der Waals surface area contributed by atoms with Crippen molar-refractivity contribution < 1.29 is 4.79 Å². The van der Waals surface area contributed by atoms with Gasteiger partial charge in [-0.05, 0) is 19.1 Å². The largest absolute Gasteiger partial charge is 0.288 e. The van der Waals surface area contributed by atoms with Crippen molar-refractivity contribution in [3.05, 3.63) is 30.1 Å². The molecule has 0 saturated heterocycles. The van der Waals surface area contributed by atoms with Crippen molar-refractivity contribution in [2.45, 2.75) is 6.92 Å². The second-order valence-corrected chi connectivity index (χ2v) is 2.36. The minimum absolute atomic E-state index is 0.0897. The molecule has 58 valence electrons. The predicted octanol–water partition coefficient (Wildman–Crippen LogP) is 1.10. The molecule has 0 N–H and O–H groups in total.